The van der Waals surface area contributed by atoms with Crippen molar-refractivity contribution < 1.29 is 9.84 Å². The van der Waals surface area contributed by atoms with E-state index >= 15 is 0 Å². The highest BCUT2D eigenvalue weighted by Gasteiger charge is 2.21. The Bertz CT molecular complexity index is 424. The predicted octanol–water partition coefficient (Wildman–Crippen LogP) is 3.33. The fourth-order valence-electron chi connectivity index (χ4n) is 1.21. The highest BCUT2D eigenvalue weighted by molar-refractivity contribution is 6.43. The van der Waals surface area contributed by atoms with Gasteiger partial charge in [0.2, 0.25) is 5.28 Å². The number of nitrogens with one attached hydrogen (secondary N) is 1. The molecular weight excluding hydrogens is 300 g/mol. The van der Waals surface area contributed by atoms with Crippen molar-refractivity contribution in [2.45, 2.75) is 39.2 Å². The molecule has 0 aliphatic carbocycles. The fraction of sp³-hybridized carbons (Fsp3) is 0.600. The van der Waals surface area contributed by atoms with Gasteiger partial charge < -0.3 is 15.2 Å². The van der Waals surface area contributed by atoms with Gasteiger partial charge in [-0.25, -0.2) is 4.98 Å². The van der Waals surface area contributed by atoms with Gasteiger partial charge in [0.25, 0.3) is 0 Å². The first-order chi connectivity index (χ1) is 8.23. The number of rotatable bonds is 5. The first-order valence-corrected chi connectivity index (χ1v) is 6.41. The summed E-state index contributed by atoms with van der Waals surface area (Å²) in [5.41, 5.74) is 0. The van der Waals surface area contributed by atoms with Crippen molar-refractivity contribution >= 4 is 40.6 Å². The molecule has 1 aromatic heterocycles. The number of hydrogen-bond donors (Lipinski definition) is 2. The second-order valence-electron chi connectivity index (χ2n) is 4.05. The van der Waals surface area contributed by atoms with Crippen molar-refractivity contribution in [1.29, 1.82) is 0 Å². The molecule has 0 saturated carbocycles. The molecule has 0 unspecified atom stereocenters. The van der Waals surface area contributed by atoms with E-state index in [2.05, 4.69) is 15.3 Å². The molecule has 0 radical (unpaired) electrons. The molecule has 0 aliphatic rings. The number of anilines is 1. The lowest BCUT2D eigenvalue weighted by atomic mass is 10.3. The quantitative estimate of drug-likeness (QED) is 0.496. The Morgan fingerprint density at radius 3 is 2.44 bits per heavy atom. The molecule has 0 aliphatic heterocycles. The standard InChI is InChI=1S/C10H14Cl3N3O2/c1-4-5(18-10(2,3)17)14-8-6(11)7(12)15-9(13)16-8/h5,17H,4H2,1-3H3,(H,14,15,16)/t5-/m1/s1. The molecule has 1 rings (SSSR count). The van der Waals surface area contributed by atoms with Crippen molar-refractivity contribution in [3.05, 3.63) is 15.5 Å². The maximum absolute atomic E-state index is 9.60. The van der Waals surface area contributed by atoms with E-state index < -0.39 is 12.0 Å². The van der Waals surface area contributed by atoms with Crippen LogP contribution in [0.15, 0.2) is 0 Å². The monoisotopic (exact) mass is 313 g/mol. The third kappa shape index (κ3) is 4.74. The third-order valence-corrected chi connectivity index (χ3v) is 2.78. The normalized spacial score (nSPS) is 13.5. The molecule has 0 fully saturated rings. The molecule has 1 aromatic rings. The van der Waals surface area contributed by atoms with E-state index in [9.17, 15) is 5.11 Å². The molecule has 5 nitrogen and oxygen atoms in total. The van der Waals surface area contributed by atoms with Crippen LogP contribution in [0.3, 0.4) is 0 Å². The van der Waals surface area contributed by atoms with Crippen LogP contribution in [0.25, 0.3) is 0 Å². The van der Waals surface area contributed by atoms with E-state index in [0.717, 1.165) is 0 Å². The number of aromatic nitrogens is 2. The molecule has 0 aromatic carbocycles. The van der Waals surface area contributed by atoms with Gasteiger partial charge >= 0.3 is 0 Å². The van der Waals surface area contributed by atoms with Crippen molar-refractivity contribution in [2.24, 2.45) is 0 Å². The van der Waals surface area contributed by atoms with E-state index in [-0.39, 0.29) is 21.3 Å². The summed E-state index contributed by atoms with van der Waals surface area (Å²) in [6.45, 7) is 4.93. The smallest absolute Gasteiger partial charge is 0.225 e. The first kappa shape index (κ1) is 15.7. The van der Waals surface area contributed by atoms with Crippen LogP contribution >= 0.6 is 34.8 Å². The summed E-state index contributed by atoms with van der Waals surface area (Å²) in [5, 5.41) is 12.7. The minimum atomic E-state index is -1.28. The van der Waals surface area contributed by atoms with Crippen molar-refractivity contribution in [2.75, 3.05) is 5.32 Å². The molecule has 0 amide bonds. The Kier molecular flexibility index (Phi) is 5.43. The molecule has 18 heavy (non-hydrogen) atoms. The Hall–Kier alpha value is -0.330. The lowest BCUT2D eigenvalue weighted by Crippen LogP contribution is -2.34. The summed E-state index contributed by atoms with van der Waals surface area (Å²) in [7, 11) is 0. The number of aliphatic hydroxyl groups is 1. The van der Waals surface area contributed by atoms with Gasteiger partial charge in [0.05, 0.1) is 0 Å². The molecule has 0 bridgehead atoms. The van der Waals surface area contributed by atoms with E-state index in [4.69, 9.17) is 39.5 Å². The van der Waals surface area contributed by atoms with Crippen molar-refractivity contribution in [3.8, 4) is 0 Å². The van der Waals surface area contributed by atoms with Gasteiger partial charge in [-0.05, 0) is 31.9 Å². The number of ether oxygens (including phenoxy) is 1. The van der Waals surface area contributed by atoms with E-state index in [1.54, 1.807) is 0 Å². The van der Waals surface area contributed by atoms with Crippen LogP contribution < -0.4 is 5.32 Å². The second-order valence-corrected chi connectivity index (χ2v) is 5.13. The Morgan fingerprint density at radius 1 is 1.33 bits per heavy atom. The fourth-order valence-corrected chi connectivity index (χ4v) is 1.73. The zero-order chi connectivity index (χ0) is 13.9. The van der Waals surface area contributed by atoms with E-state index in [0.29, 0.717) is 6.42 Å². The van der Waals surface area contributed by atoms with Gasteiger partial charge in [-0.15, -0.1) is 0 Å². The van der Waals surface area contributed by atoms with Crippen LogP contribution in [0.1, 0.15) is 27.2 Å². The van der Waals surface area contributed by atoms with Gasteiger partial charge in [-0.1, -0.05) is 30.1 Å². The minimum absolute atomic E-state index is 0.0231. The lowest BCUT2D eigenvalue weighted by Gasteiger charge is -2.26. The number of nitrogens with zero attached hydrogens (tertiary/aromatic N) is 2. The summed E-state index contributed by atoms with van der Waals surface area (Å²) in [5.74, 6) is -1.02. The van der Waals surface area contributed by atoms with Crippen LogP contribution in [0.4, 0.5) is 5.82 Å². The summed E-state index contributed by atoms with van der Waals surface area (Å²) in [6, 6.07) is 0. The second kappa shape index (κ2) is 6.21. The largest absolute Gasteiger partial charge is 0.366 e. The van der Waals surface area contributed by atoms with Crippen LogP contribution in [0.2, 0.25) is 15.5 Å². The minimum Gasteiger partial charge on any atom is -0.366 e. The van der Waals surface area contributed by atoms with Crippen LogP contribution in [-0.4, -0.2) is 27.1 Å². The Labute approximate surface area is 120 Å². The molecular formula is C10H14Cl3N3O2. The summed E-state index contributed by atoms with van der Waals surface area (Å²) in [6.07, 6.45) is 0.101. The summed E-state index contributed by atoms with van der Waals surface area (Å²) >= 11 is 17.4. The maximum Gasteiger partial charge on any atom is 0.225 e. The lowest BCUT2D eigenvalue weighted by molar-refractivity contribution is -0.199. The highest BCUT2D eigenvalue weighted by atomic mass is 35.5. The van der Waals surface area contributed by atoms with Gasteiger partial charge in [-0.2, -0.15) is 4.98 Å². The third-order valence-electron chi connectivity index (χ3n) is 1.88. The maximum atomic E-state index is 9.60. The van der Waals surface area contributed by atoms with Crippen LogP contribution in [0.5, 0.6) is 0 Å². The Morgan fingerprint density at radius 2 is 1.94 bits per heavy atom. The average Bonchev–Trinajstić information content (AvgIpc) is 2.22. The summed E-state index contributed by atoms with van der Waals surface area (Å²) in [4.78, 5) is 7.62. The number of halogens is 3. The molecule has 2 N–H and O–H groups in total. The first-order valence-electron chi connectivity index (χ1n) is 5.28. The SMILES string of the molecule is CC[C@H](Nc1nc(Cl)nc(Cl)c1Cl)OC(C)(C)O. The van der Waals surface area contributed by atoms with Gasteiger partial charge in [0, 0.05) is 0 Å². The zero-order valence-corrected chi connectivity index (χ0v) is 12.4. The highest BCUT2D eigenvalue weighted by Crippen LogP contribution is 2.29. The Balaban J connectivity index is 2.88. The average molecular weight is 315 g/mol. The predicted molar refractivity (Wildman–Crippen MR) is 72.1 cm³/mol. The van der Waals surface area contributed by atoms with E-state index in [1.165, 1.54) is 13.8 Å². The van der Waals surface area contributed by atoms with E-state index in [1.807, 2.05) is 6.92 Å². The molecule has 1 heterocycles. The van der Waals surface area contributed by atoms with Crippen LogP contribution in [-0.2, 0) is 4.74 Å². The topological polar surface area (TPSA) is 67.3 Å². The molecule has 1 atom stereocenters. The molecule has 0 spiro atoms. The van der Waals surface area contributed by atoms with Crippen molar-refractivity contribution in [3.63, 3.8) is 0 Å². The molecule has 102 valence electrons. The van der Waals surface area contributed by atoms with Gasteiger partial charge in [0.1, 0.15) is 11.3 Å². The zero-order valence-electron chi connectivity index (χ0n) is 10.2. The van der Waals surface area contributed by atoms with Gasteiger partial charge in [0.15, 0.2) is 16.8 Å². The molecule has 8 heteroatoms. The summed E-state index contributed by atoms with van der Waals surface area (Å²) < 4.78 is 5.36. The van der Waals surface area contributed by atoms with Gasteiger partial charge in [-0.3, -0.25) is 0 Å². The molecule has 0 saturated heterocycles. The number of hydrogen-bond acceptors (Lipinski definition) is 5. The van der Waals surface area contributed by atoms with Crippen molar-refractivity contribution in [1.82, 2.24) is 9.97 Å². The van der Waals surface area contributed by atoms with Crippen LogP contribution in [0, 0.1) is 0 Å².